The average molecular weight is 393 g/mol. The highest BCUT2D eigenvalue weighted by molar-refractivity contribution is 7.17. The summed E-state index contributed by atoms with van der Waals surface area (Å²) in [6.07, 6.45) is 2.87. The highest BCUT2D eigenvalue weighted by Crippen LogP contribution is 2.39. The Morgan fingerprint density at radius 2 is 2.04 bits per heavy atom. The van der Waals surface area contributed by atoms with Crippen LogP contribution in [-0.2, 0) is 17.6 Å². The van der Waals surface area contributed by atoms with Crippen molar-refractivity contribution in [1.82, 2.24) is 5.32 Å². The van der Waals surface area contributed by atoms with Crippen LogP contribution in [0.15, 0.2) is 24.3 Å². The molecule has 0 spiro atoms. The van der Waals surface area contributed by atoms with Gasteiger partial charge in [-0.15, -0.1) is 11.3 Å². The minimum Gasteiger partial charge on any atom is -0.484 e. The Hall–Kier alpha value is -2.05. The van der Waals surface area contributed by atoms with E-state index in [1.54, 1.807) is 31.3 Å². The van der Waals surface area contributed by atoms with Crippen molar-refractivity contribution >= 4 is 39.8 Å². The van der Waals surface area contributed by atoms with Crippen molar-refractivity contribution in [3.63, 3.8) is 0 Å². The van der Waals surface area contributed by atoms with Crippen LogP contribution >= 0.6 is 22.9 Å². The van der Waals surface area contributed by atoms with Gasteiger partial charge in [-0.3, -0.25) is 9.59 Å². The number of fused-ring (bicyclic) bond motifs is 1. The topological polar surface area (TPSA) is 67.4 Å². The smallest absolute Gasteiger partial charge is 0.262 e. The van der Waals surface area contributed by atoms with Crippen LogP contribution in [-0.4, -0.2) is 25.5 Å². The number of ether oxygens (including phenoxy) is 1. The molecule has 1 aliphatic rings. The van der Waals surface area contributed by atoms with Crippen molar-refractivity contribution in [3.05, 3.63) is 45.3 Å². The third-order valence-electron chi connectivity index (χ3n) is 4.40. The molecule has 1 heterocycles. The summed E-state index contributed by atoms with van der Waals surface area (Å²) < 4.78 is 5.47. The number of benzene rings is 1. The molecule has 0 fully saturated rings. The molecule has 1 aliphatic carbocycles. The van der Waals surface area contributed by atoms with Crippen molar-refractivity contribution in [2.75, 3.05) is 19.0 Å². The zero-order valence-electron chi connectivity index (χ0n) is 14.7. The van der Waals surface area contributed by atoms with Crippen molar-refractivity contribution in [2.45, 2.75) is 26.2 Å². The summed E-state index contributed by atoms with van der Waals surface area (Å²) in [5, 5.41) is 6.74. The fourth-order valence-corrected chi connectivity index (χ4v) is 4.60. The van der Waals surface area contributed by atoms with Gasteiger partial charge in [0, 0.05) is 16.9 Å². The molecular formula is C19H21ClN2O3S. The van der Waals surface area contributed by atoms with Gasteiger partial charge >= 0.3 is 0 Å². The molecular weight excluding hydrogens is 372 g/mol. The summed E-state index contributed by atoms with van der Waals surface area (Å²) in [6.45, 7) is 2.08. The molecule has 0 unspecified atom stereocenters. The van der Waals surface area contributed by atoms with Gasteiger partial charge in [0.2, 0.25) is 0 Å². The summed E-state index contributed by atoms with van der Waals surface area (Å²) in [6, 6.07) is 6.81. The van der Waals surface area contributed by atoms with E-state index < -0.39 is 0 Å². The minimum absolute atomic E-state index is 0.131. The van der Waals surface area contributed by atoms with E-state index in [9.17, 15) is 9.59 Å². The van der Waals surface area contributed by atoms with E-state index in [1.807, 2.05) is 0 Å². The van der Waals surface area contributed by atoms with Crippen LogP contribution in [0.2, 0.25) is 5.02 Å². The van der Waals surface area contributed by atoms with Gasteiger partial charge in [-0.1, -0.05) is 18.5 Å². The standard InChI is InChI=1S/C19H21ClN2O3S/c1-11-3-8-14-15(9-11)26-19(17(14)18(24)21-2)22-16(23)10-25-13-6-4-12(20)5-7-13/h4-7,11H,3,8-10H2,1-2H3,(H,21,24)(H,22,23)/t11-/m1/s1. The maximum Gasteiger partial charge on any atom is 0.262 e. The second kappa shape index (κ2) is 8.10. The predicted octanol–water partition coefficient (Wildman–Crippen LogP) is 3.90. The van der Waals surface area contributed by atoms with E-state index in [0.29, 0.717) is 27.3 Å². The Kier molecular flexibility index (Phi) is 5.84. The third-order valence-corrected chi connectivity index (χ3v) is 5.82. The van der Waals surface area contributed by atoms with Gasteiger partial charge in [-0.25, -0.2) is 0 Å². The fraction of sp³-hybridized carbons (Fsp3) is 0.368. The van der Waals surface area contributed by atoms with Crippen molar-refractivity contribution in [3.8, 4) is 5.75 Å². The van der Waals surface area contributed by atoms with E-state index in [2.05, 4.69) is 17.6 Å². The van der Waals surface area contributed by atoms with E-state index in [0.717, 1.165) is 24.8 Å². The second-order valence-corrected chi connectivity index (χ2v) is 7.97. The largest absolute Gasteiger partial charge is 0.484 e. The lowest BCUT2D eigenvalue weighted by Gasteiger charge is -2.18. The molecule has 5 nitrogen and oxygen atoms in total. The zero-order valence-corrected chi connectivity index (χ0v) is 16.3. The molecule has 2 amide bonds. The number of hydrogen-bond acceptors (Lipinski definition) is 4. The molecule has 0 bridgehead atoms. The molecule has 7 heteroatoms. The van der Waals surface area contributed by atoms with Crippen LogP contribution < -0.4 is 15.4 Å². The fourth-order valence-electron chi connectivity index (χ4n) is 3.05. The second-order valence-electron chi connectivity index (χ2n) is 6.43. The lowest BCUT2D eigenvalue weighted by molar-refractivity contribution is -0.118. The molecule has 1 aromatic carbocycles. The molecule has 0 saturated heterocycles. The molecule has 0 aliphatic heterocycles. The van der Waals surface area contributed by atoms with Gasteiger partial charge in [0.1, 0.15) is 10.8 Å². The SMILES string of the molecule is CNC(=O)c1c(NC(=O)COc2ccc(Cl)cc2)sc2c1CC[C@@H](C)C2. The quantitative estimate of drug-likeness (QED) is 0.810. The van der Waals surface area contributed by atoms with Crippen molar-refractivity contribution in [2.24, 2.45) is 5.92 Å². The molecule has 2 N–H and O–H groups in total. The van der Waals surface area contributed by atoms with Crippen LogP contribution in [0.4, 0.5) is 5.00 Å². The van der Waals surface area contributed by atoms with Gasteiger partial charge in [0.15, 0.2) is 6.61 Å². The lowest BCUT2D eigenvalue weighted by Crippen LogP contribution is -2.24. The summed E-state index contributed by atoms with van der Waals surface area (Å²) in [5.41, 5.74) is 1.67. The van der Waals surface area contributed by atoms with Crippen LogP contribution in [0.3, 0.4) is 0 Å². The maximum atomic E-state index is 12.3. The number of thiophene rings is 1. The number of amides is 2. The molecule has 2 aromatic rings. The monoisotopic (exact) mass is 392 g/mol. The number of carbonyl (C=O) groups excluding carboxylic acids is 2. The number of nitrogens with one attached hydrogen (secondary N) is 2. The highest BCUT2D eigenvalue weighted by Gasteiger charge is 2.27. The van der Waals surface area contributed by atoms with E-state index in [4.69, 9.17) is 16.3 Å². The van der Waals surface area contributed by atoms with Gasteiger partial charge in [-0.05, 0) is 55.0 Å². The molecule has 0 saturated carbocycles. The Balaban J connectivity index is 1.73. The molecule has 26 heavy (non-hydrogen) atoms. The molecule has 0 radical (unpaired) electrons. The summed E-state index contributed by atoms with van der Waals surface area (Å²) in [5.74, 6) is 0.702. The normalized spacial score (nSPS) is 15.9. The highest BCUT2D eigenvalue weighted by atomic mass is 35.5. The summed E-state index contributed by atoms with van der Waals surface area (Å²) in [7, 11) is 1.60. The van der Waals surface area contributed by atoms with Crippen molar-refractivity contribution < 1.29 is 14.3 Å². The van der Waals surface area contributed by atoms with Crippen LogP contribution in [0, 0.1) is 5.92 Å². The van der Waals surface area contributed by atoms with E-state index >= 15 is 0 Å². The Morgan fingerprint density at radius 1 is 1.31 bits per heavy atom. The maximum absolute atomic E-state index is 12.3. The first kappa shape index (κ1) is 18.7. The number of rotatable bonds is 5. The molecule has 1 aromatic heterocycles. The van der Waals surface area contributed by atoms with E-state index in [1.165, 1.54) is 16.2 Å². The molecule has 3 rings (SSSR count). The zero-order chi connectivity index (χ0) is 18.7. The van der Waals surface area contributed by atoms with Crippen LogP contribution in [0.1, 0.15) is 34.1 Å². The molecule has 138 valence electrons. The van der Waals surface area contributed by atoms with Gasteiger partial charge in [0.25, 0.3) is 11.8 Å². The number of halogens is 1. The minimum atomic E-state index is -0.295. The number of carbonyl (C=O) groups is 2. The number of anilines is 1. The Bertz CT molecular complexity index is 817. The van der Waals surface area contributed by atoms with Gasteiger partial charge < -0.3 is 15.4 Å². The average Bonchev–Trinajstić information content (AvgIpc) is 2.97. The van der Waals surface area contributed by atoms with Crippen molar-refractivity contribution in [1.29, 1.82) is 0 Å². The van der Waals surface area contributed by atoms with Gasteiger partial charge in [-0.2, -0.15) is 0 Å². The van der Waals surface area contributed by atoms with Crippen LogP contribution in [0.25, 0.3) is 0 Å². The first-order valence-corrected chi connectivity index (χ1v) is 9.72. The molecule has 1 atom stereocenters. The lowest BCUT2D eigenvalue weighted by atomic mass is 9.88. The summed E-state index contributed by atoms with van der Waals surface area (Å²) in [4.78, 5) is 25.8. The third kappa shape index (κ3) is 4.19. The van der Waals surface area contributed by atoms with Crippen LogP contribution in [0.5, 0.6) is 5.75 Å². The van der Waals surface area contributed by atoms with Gasteiger partial charge in [0.05, 0.1) is 5.56 Å². The first-order valence-electron chi connectivity index (χ1n) is 8.52. The number of hydrogen-bond donors (Lipinski definition) is 2. The summed E-state index contributed by atoms with van der Waals surface area (Å²) >= 11 is 7.33. The predicted molar refractivity (Wildman–Crippen MR) is 104 cm³/mol. The Morgan fingerprint density at radius 3 is 2.73 bits per heavy atom. The first-order chi connectivity index (χ1) is 12.5. The Labute approximate surface area is 161 Å². The van der Waals surface area contributed by atoms with E-state index in [-0.39, 0.29) is 18.4 Å².